The Kier molecular flexibility index (Phi) is 4.47. The Hall–Kier alpha value is -1.05. The van der Waals surface area contributed by atoms with Crippen molar-refractivity contribution in [3.8, 4) is 0 Å². The van der Waals surface area contributed by atoms with Gasteiger partial charge in [-0.05, 0) is 22.4 Å². The van der Waals surface area contributed by atoms with Crippen LogP contribution in [0.5, 0.6) is 0 Å². The number of halogens is 2. The molecule has 4 nitrogen and oxygen atoms in total. The third-order valence-electron chi connectivity index (χ3n) is 4.40. The monoisotopic (exact) mass is 330 g/mol. The van der Waals surface area contributed by atoms with E-state index in [1.165, 1.54) is 7.11 Å². The van der Waals surface area contributed by atoms with Crippen LogP contribution >= 0.6 is 11.3 Å². The zero-order valence-electron chi connectivity index (χ0n) is 12.5. The van der Waals surface area contributed by atoms with Gasteiger partial charge in [0.25, 0.3) is 5.92 Å². The molecule has 0 aromatic carbocycles. The molecule has 0 spiro atoms. The molecule has 2 saturated heterocycles. The van der Waals surface area contributed by atoms with Crippen molar-refractivity contribution in [2.24, 2.45) is 0 Å². The van der Waals surface area contributed by atoms with Gasteiger partial charge in [0.2, 0.25) is 5.91 Å². The lowest BCUT2D eigenvalue weighted by Crippen LogP contribution is -2.62. The van der Waals surface area contributed by atoms with E-state index in [-0.39, 0.29) is 31.0 Å². The fraction of sp³-hybridized carbons (Fsp3) is 0.667. The van der Waals surface area contributed by atoms with Gasteiger partial charge in [-0.25, -0.2) is 8.78 Å². The first-order valence-electron chi connectivity index (χ1n) is 7.40. The number of carbonyl (C=O) groups is 1. The van der Waals surface area contributed by atoms with Gasteiger partial charge in [0, 0.05) is 38.7 Å². The summed E-state index contributed by atoms with van der Waals surface area (Å²) in [5.74, 6) is -2.58. The van der Waals surface area contributed by atoms with Crippen LogP contribution in [0.25, 0.3) is 0 Å². The summed E-state index contributed by atoms with van der Waals surface area (Å²) in [7, 11) is 1.53. The molecule has 0 aliphatic carbocycles. The molecule has 3 rings (SSSR count). The lowest BCUT2D eigenvalue weighted by molar-refractivity contribution is -0.138. The van der Waals surface area contributed by atoms with Crippen LogP contribution in [0.15, 0.2) is 16.8 Å². The van der Waals surface area contributed by atoms with Gasteiger partial charge in [0.05, 0.1) is 19.6 Å². The van der Waals surface area contributed by atoms with Crippen LogP contribution in [0.1, 0.15) is 12.0 Å². The Bertz CT molecular complexity index is 518. The highest BCUT2D eigenvalue weighted by Gasteiger charge is 2.50. The van der Waals surface area contributed by atoms with E-state index in [4.69, 9.17) is 4.74 Å². The minimum atomic E-state index is -2.65. The predicted octanol–water partition coefficient (Wildman–Crippen LogP) is 1.86. The van der Waals surface area contributed by atoms with Crippen molar-refractivity contribution in [1.29, 1.82) is 0 Å². The molecule has 3 heterocycles. The second-order valence-electron chi connectivity index (χ2n) is 6.10. The second kappa shape index (κ2) is 6.22. The van der Waals surface area contributed by atoms with E-state index in [0.29, 0.717) is 26.1 Å². The summed E-state index contributed by atoms with van der Waals surface area (Å²) in [6.07, 6.45) is 0.244. The Balaban J connectivity index is 1.52. The average Bonchev–Trinajstić information content (AvgIpc) is 2.96. The van der Waals surface area contributed by atoms with E-state index < -0.39 is 5.92 Å². The first-order chi connectivity index (χ1) is 10.5. The Morgan fingerprint density at radius 3 is 2.91 bits per heavy atom. The van der Waals surface area contributed by atoms with Crippen LogP contribution in [0.4, 0.5) is 8.78 Å². The minimum Gasteiger partial charge on any atom is -0.383 e. The number of likely N-dealkylation sites (tertiary alicyclic amines) is 2. The van der Waals surface area contributed by atoms with Crippen LogP contribution < -0.4 is 0 Å². The number of carbonyl (C=O) groups excluding carboxylic acids is 1. The highest BCUT2D eigenvalue weighted by Crippen LogP contribution is 2.35. The van der Waals surface area contributed by atoms with Crippen LogP contribution in [-0.2, 0) is 16.0 Å². The van der Waals surface area contributed by atoms with E-state index in [9.17, 15) is 13.6 Å². The van der Waals surface area contributed by atoms with Crippen LogP contribution in [0, 0.1) is 0 Å². The van der Waals surface area contributed by atoms with Crippen molar-refractivity contribution in [1.82, 2.24) is 9.80 Å². The Labute approximate surface area is 132 Å². The van der Waals surface area contributed by atoms with Crippen LogP contribution in [-0.4, -0.2) is 67.1 Å². The molecule has 122 valence electrons. The van der Waals surface area contributed by atoms with E-state index >= 15 is 0 Å². The Morgan fingerprint density at radius 1 is 1.50 bits per heavy atom. The molecule has 1 aromatic rings. The first kappa shape index (κ1) is 15.8. The number of thiophene rings is 1. The van der Waals surface area contributed by atoms with E-state index in [0.717, 1.165) is 5.56 Å². The van der Waals surface area contributed by atoms with Crippen molar-refractivity contribution < 1.29 is 18.3 Å². The molecule has 2 aliphatic rings. The molecule has 7 heteroatoms. The van der Waals surface area contributed by atoms with Gasteiger partial charge in [0.15, 0.2) is 0 Å². The summed E-state index contributed by atoms with van der Waals surface area (Å²) >= 11 is 1.57. The predicted molar refractivity (Wildman–Crippen MR) is 80.3 cm³/mol. The fourth-order valence-corrected chi connectivity index (χ4v) is 3.91. The number of amides is 1. The third kappa shape index (κ3) is 3.31. The van der Waals surface area contributed by atoms with Crippen molar-refractivity contribution >= 4 is 17.2 Å². The lowest BCUT2D eigenvalue weighted by Gasteiger charge is -2.45. The summed E-state index contributed by atoms with van der Waals surface area (Å²) in [5, 5.41) is 3.91. The molecule has 0 radical (unpaired) electrons. The van der Waals surface area contributed by atoms with E-state index in [2.05, 4.69) is 0 Å². The number of hydrogen-bond acceptors (Lipinski definition) is 4. The second-order valence-corrected chi connectivity index (χ2v) is 6.88. The summed E-state index contributed by atoms with van der Waals surface area (Å²) < 4.78 is 32.3. The maximum absolute atomic E-state index is 13.6. The van der Waals surface area contributed by atoms with Crippen molar-refractivity contribution in [2.75, 3.05) is 33.4 Å². The summed E-state index contributed by atoms with van der Waals surface area (Å²) in [4.78, 5) is 15.7. The molecule has 22 heavy (non-hydrogen) atoms. The first-order valence-corrected chi connectivity index (χ1v) is 8.34. The Morgan fingerprint density at radius 2 is 2.27 bits per heavy atom. The number of ether oxygens (including phenoxy) is 1. The smallest absolute Gasteiger partial charge is 0.262 e. The van der Waals surface area contributed by atoms with Gasteiger partial charge in [0.1, 0.15) is 0 Å². The topological polar surface area (TPSA) is 32.8 Å². The molecule has 1 atom stereocenters. The standard InChI is InChI=1S/C15H20F2N2O2S/c1-21-8-12-5-15(16,17)10-19(12)13-6-18(7-13)14(20)4-11-2-3-22-9-11/h2-3,9,12-13H,4-8,10H2,1H3/t12-/m0/s1. The van der Waals surface area contributed by atoms with Gasteiger partial charge in [-0.1, -0.05) is 0 Å². The molecule has 2 fully saturated rings. The fourth-order valence-electron chi connectivity index (χ4n) is 3.25. The zero-order chi connectivity index (χ0) is 15.7. The van der Waals surface area contributed by atoms with Gasteiger partial charge in [-0.15, -0.1) is 0 Å². The van der Waals surface area contributed by atoms with Crippen molar-refractivity contribution in [3.63, 3.8) is 0 Å². The highest BCUT2D eigenvalue weighted by atomic mass is 32.1. The molecule has 2 aliphatic heterocycles. The molecule has 0 saturated carbocycles. The molecule has 0 N–H and O–H groups in total. The lowest BCUT2D eigenvalue weighted by atomic mass is 10.0. The number of alkyl halides is 2. The molecular formula is C15H20F2N2O2S. The van der Waals surface area contributed by atoms with Crippen LogP contribution in [0.2, 0.25) is 0 Å². The molecular weight excluding hydrogens is 310 g/mol. The van der Waals surface area contributed by atoms with Gasteiger partial charge >= 0.3 is 0 Å². The largest absolute Gasteiger partial charge is 0.383 e. The quantitative estimate of drug-likeness (QED) is 0.826. The SMILES string of the molecule is COC[C@@H]1CC(F)(F)CN1C1CN(C(=O)Cc2ccsc2)C1. The van der Waals surface area contributed by atoms with Gasteiger partial charge in [-0.3, -0.25) is 9.69 Å². The highest BCUT2D eigenvalue weighted by molar-refractivity contribution is 7.07. The van der Waals surface area contributed by atoms with Crippen molar-refractivity contribution in [3.05, 3.63) is 22.4 Å². The molecule has 0 bridgehead atoms. The van der Waals surface area contributed by atoms with E-state index in [1.807, 2.05) is 21.7 Å². The minimum absolute atomic E-state index is 0.0277. The summed E-state index contributed by atoms with van der Waals surface area (Å²) in [6.45, 7) is 1.17. The molecule has 1 aromatic heterocycles. The number of methoxy groups -OCH3 is 1. The number of rotatable bonds is 5. The average molecular weight is 330 g/mol. The number of nitrogens with zero attached hydrogens (tertiary/aromatic N) is 2. The molecule has 1 amide bonds. The maximum atomic E-state index is 13.6. The summed E-state index contributed by atoms with van der Waals surface area (Å²) in [5.41, 5.74) is 1.02. The zero-order valence-corrected chi connectivity index (χ0v) is 13.3. The van der Waals surface area contributed by atoms with Gasteiger partial charge < -0.3 is 9.64 Å². The number of hydrogen-bond donors (Lipinski definition) is 0. The van der Waals surface area contributed by atoms with Gasteiger partial charge in [-0.2, -0.15) is 11.3 Å². The maximum Gasteiger partial charge on any atom is 0.262 e. The van der Waals surface area contributed by atoms with Crippen LogP contribution in [0.3, 0.4) is 0 Å². The molecule has 0 unspecified atom stereocenters. The van der Waals surface area contributed by atoms with Crippen molar-refractivity contribution in [2.45, 2.75) is 30.8 Å². The normalized spacial score (nSPS) is 25.4. The van der Waals surface area contributed by atoms with E-state index in [1.54, 1.807) is 16.2 Å². The summed E-state index contributed by atoms with van der Waals surface area (Å²) in [6, 6.07) is 1.72. The third-order valence-corrected chi connectivity index (χ3v) is 5.13.